The number of hydrogen-bond acceptors (Lipinski definition) is 3. The normalized spacial score (nSPS) is 10.7. The zero-order valence-corrected chi connectivity index (χ0v) is 11.3. The van der Waals surface area contributed by atoms with Gasteiger partial charge in [-0.3, -0.25) is 4.79 Å². The smallest absolute Gasteiger partial charge is 0.258 e. The Morgan fingerprint density at radius 3 is 2.65 bits per heavy atom. The lowest BCUT2D eigenvalue weighted by atomic mass is 10.1. The van der Waals surface area contributed by atoms with E-state index in [0.717, 1.165) is 5.69 Å². The quantitative estimate of drug-likeness (QED) is 0.714. The molecule has 0 radical (unpaired) electrons. The highest BCUT2D eigenvalue weighted by molar-refractivity contribution is 6.07. The molecule has 3 rings (SSSR count). The predicted molar refractivity (Wildman–Crippen MR) is 77.9 cm³/mol. The fourth-order valence-electron chi connectivity index (χ4n) is 2.14. The standard InChI is InChI=1S/C16H14N2O2/c1-11-17-14-10-12(8-9-15(14)20-11)16(19)18(2)13-6-4-3-5-7-13/h3-10H,1-2H3. The molecule has 0 saturated carbocycles. The van der Waals surface area contributed by atoms with Crippen LogP contribution < -0.4 is 4.90 Å². The third kappa shape index (κ3) is 2.16. The molecule has 0 fully saturated rings. The van der Waals surface area contributed by atoms with E-state index in [-0.39, 0.29) is 5.91 Å². The zero-order valence-electron chi connectivity index (χ0n) is 11.3. The molecule has 1 heterocycles. The maximum absolute atomic E-state index is 12.5. The molecule has 0 bridgehead atoms. The van der Waals surface area contributed by atoms with Crippen molar-refractivity contribution in [1.82, 2.24) is 4.98 Å². The molecule has 20 heavy (non-hydrogen) atoms. The average molecular weight is 266 g/mol. The number of para-hydroxylation sites is 1. The predicted octanol–water partition coefficient (Wildman–Crippen LogP) is 3.41. The number of aryl methyl sites for hydroxylation is 1. The van der Waals surface area contributed by atoms with Crippen molar-refractivity contribution >= 4 is 22.7 Å². The SMILES string of the molecule is Cc1nc2cc(C(=O)N(C)c3ccccc3)ccc2o1. The van der Waals surface area contributed by atoms with Crippen LogP contribution in [0.5, 0.6) is 0 Å². The largest absolute Gasteiger partial charge is 0.441 e. The van der Waals surface area contributed by atoms with Gasteiger partial charge in [0.2, 0.25) is 0 Å². The summed E-state index contributed by atoms with van der Waals surface area (Å²) in [5, 5.41) is 0. The Morgan fingerprint density at radius 1 is 1.15 bits per heavy atom. The van der Waals surface area contributed by atoms with E-state index in [1.54, 1.807) is 37.1 Å². The molecule has 4 nitrogen and oxygen atoms in total. The van der Waals surface area contributed by atoms with Crippen molar-refractivity contribution in [1.29, 1.82) is 0 Å². The molecule has 0 aliphatic heterocycles. The van der Waals surface area contributed by atoms with Crippen LogP contribution in [0.3, 0.4) is 0 Å². The Labute approximate surface area is 116 Å². The molecule has 1 amide bonds. The van der Waals surface area contributed by atoms with Crippen molar-refractivity contribution < 1.29 is 9.21 Å². The molecule has 0 spiro atoms. The fraction of sp³-hybridized carbons (Fsp3) is 0.125. The van der Waals surface area contributed by atoms with E-state index in [0.29, 0.717) is 22.6 Å². The van der Waals surface area contributed by atoms with Crippen LogP contribution in [0.25, 0.3) is 11.1 Å². The van der Waals surface area contributed by atoms with Crippen LogP contribution >= 0.6 is 0 Å². The van der Waals surface area contributed by atoms with Crippen molar-refractivity contribution in [2.45, 2.75) is 6.92 Å². The van der Waals surface area contributed by atoms with Gasteiger partial charge in [-0.15, -0.1) is 0 Å². The summed E-state index contributed by atoms with van der Waals surface area (Å²) in [6.07, 6.45) is 0. The van der Waals surface area contributed by atoms with Crippen LogP contribution in [0.2, 0.25) is 0 Å². The van der Waals surface area contributed by atoms with Crippen molar-refractivity contribution in [2.24, 2.45) is 0 Å². The number of rotatable bonds is 2. The Bertz CT molecular complexity index is 763. The van der Waals surface area contributed by atoms with Crippen LogP contribution in [0.4, 0.5) is 5.69 Å². The lowest BCUT2D eigenvalue weighted by Gasteiger charge is -2.17. The number of carbonyl (C=O) groups excluding carboxylic acids is 1. The lowest BCUT2D eigenvalue weighted by Crippen LogP contribution is -2.26. The molecule has 0 aliphatic carbocycles. The monoisotopic (exact) mass is 266 g/mol. The number of hydrogen-bond donors (Lipinski definition) is 0. The van der Waals surface area contributed by atoms with Gasteiger partial charge in [0.15, 0.2) is 11.5 Å². The molecule has 100 valence electrons. The van der Waals surface area contributed by atoms with Crippen molar-refractivity contribution in [2.75, 3.05) is 11.9 Å². The average Bonchev–Trinajstić information content (AvgIpc) is 2.85. The van der Waals surface area contributed by atoms with E-state index in [9.17, 15) is 4.79 Å². The van der Waals surface area contributed by atoms with E-state index in [1.165, 1.54) is 0 Å². The number of nitrogens with zero attached hydrogens (tertiary/aromatic N) is 2. The van der Waals surface area contributed by atoms with Gasteiger partial charge in [-0.1, -0.05) is 18.2 Å². The van der Waals surface area contributed by atoms with Gasteiger partial charge >= 0.3 is 0 Å². The summed E-state index contributed by atoms with van der Waals surface area (Å²) in [4.78, 5) is 18.3. The van der Waals surface area contributed by atoms with Gasteiger partial charge < -0.3 is 9.32 Å². The van der Waals surface area contributed by atoms with Crippen LogP contribution in [0.1, 0.15) is 16.2 Å². The van der Waals surface area contributed by atoms with Crippen LogP contribution in [0, 0.1) is 6.92 Å². The molecule has 0 aliphatic rings. The molecule has 0 N–H and O–H groups in total. The Balaban J connectivity index is 1.95. The first-order valence-corrected chi connectivity index (χ1v) is 6.35. The molecule has 0 saturated heterocycles. The van der Waals surface area contributed by atoms with Crippen LogP contribution in [-0.4, -0.2) is 17.9 Å². The first-order chi connectivity index (χ1) is 9.65. The number of oxazole rings is 1. The van der Waals surface area contributed by atoms with E-state index < -0.39 is 0 Å². The van der Waals surface area contributed by atoms with E-state index >= 15 is 0 Å². The number of anilines is 1. The van der Waals surface area contributed by atoms with Crippen LogP contribution in [-0.2, 0) is 0 Å². The number of fused-ring (bicyclic) bond motifs is 1. The second kappa shape index (κ2) is 4.81. The van der Waals surface area contributed by atoms with Crippen molar-refractivity contribution in [3.05, 3.63) is 60.0 Å². The first kappa shape index (κ1) is 12.4. The van der Waals surface area contributed by atoms with Gasteiger partial charge in [0.25, 0.3) is 5.91 Å². The van der Waals surface area contributed by atoms with Gasteiger partial charge in [0.05, 0.1) is 0 Å². The van der Waals surface area contributed by atoms with Crippen LogP contribution in [0.15, 0.2) is 52.9 Å². The van der Waals surface area contributed by atoms with Crippen molar-refractivity contribution in [3.8, 4) is 0 Å². The summed E-state index contributed by atoms with van der Waals surface area (Å²) in [6, 6.07) is 14.8. The summed E-state index contributed by atoms with van der Waals surface area (Å²) in [5.74, 6) is 0.528. The summed E-state index contributed by atoms with van der Waals surface area (Å²) < 4.78 is 5.41. The summed E-state index contributed by atoms with van der Waals surface area (Å²) >= 11 is 0. The third-order valence-corrected chi connectivity index (χ3v) is 3.19. The maximum Gasteiger partial charge on any atom is 0.258 e. The van der Waals surface area contributed by atoms with E-state index in [1.807, 2.05) is 30.3 Å². The minimum Gasteiger partial charge on any atom is -0.441 e. The highest BCUT2D eigenvalue weighted by Gasteiger charge is 2.14. The molecular formula is C16H14N2O2. The van der Waals surface area contributed by atoms with Crippen molar-refractivity contribution in [3.63, 3.8) is 0 Å². The molecular weight excluding hydrogens is 252 g/mol. The van der Waals surface area contributed by atoms with Gasteiger partial charge in [0.1, 0.15) is 5.52 Å². The highest BCUT2D eigenvalue weighted by Crippen LogP contribution is 2.19. The second-order valence-corrected chi connectivity index (χ2v) is 4.62. The lowest BCUT2D eigenvalue weighted by molar-refractivity contribution is 0.0993. The number of amides is 1. The minimum absolute atomic E-state index is 0.0706. The van der Waals surface area contributed by atoms with E-state index in [2.05, 4.69) is 4.98 Å². The third-order valence-electron chi connectivity index (χ3n) is 3.19. The maximum atomic E-state index is 12.5. The molecule has 0 unspecified atom stereocenters. The van der Waals surface area contributed by atoms with E-state index in [4.69, 9.17) is 4.42 Å². The highest BCUT2D eigenvalue weighted by atomic mass is 16.3. The first-order valence-electron chi connectivity index (χ1n) is 6.35. The summed E-state index contributed by atoms with van der Waals surface area (Å²) in [7, 11) is 1.76. The summed E-state index contributed by atoms with van der Waals surface area (Å²) in [5.41, 5.74) is 2.85. The second-order valence-electron chi connectivity index (χ2n) is 4.62. The van der Waals surface area contributed by atoms with Gasteiger partial charge in [-0.2, -0.15) is 0 Å². The molecule has 0 atom stereocenters. The van der Waals surface area contributed by atoms with Gasteiger partial charge in [-0.05, 0) is 30.3 Å². The number of benzene rings is 2. The summed E-state index contributed by atoms with van der Waals surface area (Å²) in [6.45, 7) is 1.79. The Kier molecular flexibility index (Phi) is 2.99. The number of carbonyl (C=O) groups is 1. The fourth-order valence-corrected chi connectivity index (χ4v) is 2.14. The molecule has 2 aromatic carbocycles. The number of aromatic nitrogens is 1. The Hall–Kier alpha value is -2.62. The zero-order chi connectivity index (χ0) is 14.1. The molecule has 1 aromatic heterocycles. The minimum atomic E-state index is -0.0706. The van der Waals surface area contributed by atoms with Gasteiger partial charge in [-0.25, -0.2) is 4.98 Å². The van der Waals surface area contributed by atoms with Gasteiger partial charge in [0, 0.05) is 25.2 Å². The molecule has 4 heteroatoms. The molecule has 3 aromatic rings. The topological polar surface area (TPSA) is 46.3 Å². The Morgan fingerprint density at radius 2 is 1.90 bits per heavy atom.